The van der Waals surface area contributed by atoms with E-state index in [-0.39, 0.29) is 0 Å². The highest BCUT2D eigenvalue weighted by atomic mass is 127. The molecule has 13 heavy (non-hydrogen) atoms. The molecule has 0 bridgehead atoms. The fraction of sp³-hybridized carbons (Fsp3) is 0.111. The lowest BCUT2D eigenvalue weighted by molar-refractivity contribution is 0.944. The van der Waals surface area contributed by atoms with E-state index < -0.39 is 0 Å². The lowest BCUT2D eigenvalue weighted by atomic mass is 10.3. The van der Waals surface area contributed by atoms with Crippen molar-refractivity contribution in [1.29, 1.82) is 5.26 Å². The summed E-state index contributed by atoms with van der Waals surface area (Å²) in [6, 6.07) is 5.70. The highest BCUT2D eigenvalue weighted by Gasteiger charge is 2.05. The zero-order valence-electron chi connectivity index (χ0n) is 6.95. The van der Waals surface area contributed by atoms with E-state index in [0.29, 0.717) is 5.69 Å². The Balaban J connectivity index is 2.86. The van der Waals surface area contributed by atoms with E-state index in [1.807, 2.05) is 29.9 Å². The van der Waals surface area contributed by atoms with Crippen molar-refractivity contribution in [1.82, 2.24) is 9.55 Å². The minimum absolute atomic E-state index is 0.463. The van der Waals surface area contributed by atoms with E-state index in [1.165, 1.54) is 0 Å². The van der Waals surface area contributed by atoms with Crippen molar-refractivity contribution in [3.05, 3.63) is 27.6 Å². The molecule has 0 saturated carbocycles. The molecule has 0 aliphatic carbocycles. The molecule has 0 atom stereocenters. The van der Waals surface area contributed by atoms with Gasteiger partial charge in [0.15, 0.2) is 0 Å². The topological polar surface area (TPSA) is 41.6 Å². The molecule has 0 amide bonds. The van der Waals surface area contributed by atoms with Gasteiger partial charge in [-0.05, 0) is 34.7 Å². The molecule has 2 aromatic rings. The Hall–Kier alpha value is -1.09. The summed E-state index contributed by atoms with van der Waals surface area (Å²) in [5, 5.41) is 9.77. The normalized spacial score (nSPS) is 10.2. The van der Waals surface area contributed by atoms with Crippen molar-refractivity contribution in [2.75, 3.05) is 0 Å². The predicted molar refractivity (Wildman–Crippen MR) is 58.1 cm³/mol. The molecule has 0 N–H and O–H groups in total. The minimum Gasteiger partial charge on any atom is -0.334 e. The zero-order valence-corrected chi connectivity index (χ0v) is 9.11. The maximum Gasteiger partial charge on any atom is 0.142 e. The van der Waals surface area contributed by atoms with Crippen LogP contribution in [0.25, 0.3) is 11.0 Å². The Labute approximate surface area is 89.1 Å². The number of halogens is 1. The minimum atomic E-state index is 0.463. The largest absolute Gasteiger partial charge is 0.334 e. The van der Waals surface area contributed by atoms with Gasteiger partial charge in [-0.2, -0.15) is 5.26 Å². The van der Waals surface area contributed by atoms with Crippen LogP contribution in [0.2, 0.25) is 0 Å². The lowest BCUT2D eigenvalue weighted by Gasteiger charge is -1.94. The standard InChI is InChI=1S/C9H6IN3/c1-13-5-8(10)7-3-2-6(4-11)12-9(7)13/h2-3,5H,1H3. The maximum absolute atomic E-state index is 8.67. The summed E-state index contributed by atoms with van der Waals surface area (Å²) < 4.78 is 3.09. The van der Waals surface area contributed by atoms with E-state index >= 15 is 0 Å². The Bertz CT molecular complexity index is 507. The third-order valence-electron chi connectivity index (χ3n) is 1.89. The Morgan fingerprint density at radius 3 is 3.00 bits per heavy atom. The van der Waals surface area contributed by atoms with Gasteiger partial charge in [-0.15, -0.1) is 0 Å². The van der Waals surface area contributed by atoms with Crippen LogP contribution in [0, 0.1) is 14.9 Å². The molecule has 0 spiro atoms. The second-order valence-corrected chi connectivity index (χ2v) is 3.93. The number of hydrogen-bond acceptors (Lipinski definition) is 2. The van der Waals surface area contributed by atoms with Crippen LogP contribution in [0.5, 0.6) is 0 Å². The van der Waals surface area contributed by atoms with Crippen LogP contribution in [-0.2, 0) is 7.05 Å². The second-order valence-electron chi connectivity index (χ2n) is 2.77. The molecule has 64 valence electrons. The summed E-state index contributed by atoms with van der Waals surface area (Å²) >= 11 is 2.26. The molecular formula is C9H6IN3. The molecule has 0 fully saturated rings. The fourth-order valence-corrected chi connectivity index (χ4v) is 2.11. The first-order chi connectivity index (χ1) is 6.22. The summed E-state index contributed by atoms with van der Waals surface area (Å²) in [6.45, 7) is 0. The molecule has 0 radical (unpaired) electrons. The number of pyridine rings is 1. The zero-order chi connectivity index (χ0) is 9.42. The average Bonchev–Trinajstić information content (AvgIpc) is 2.42. The number of nitriles is 1. The van der Waals surface area contributed by atoms with Crippen LogP contribution < -0.4 is 0 Å². The van der Waals surface area contributed by atoms with Crippen molar-refractivity contribution in [2.24, 2.45) is 7.05 Å². The predicted octanol–water partition coefficient (Wildman–Crippen LogP) is 2.05. The van der Waals surface area contributed by atoms with E-state index in [2.05, 4.69) is 27.6 Å². The van der Waals surface area contributed by atoms with Crippen LogP contribution in [0.15, 0.2) is 18.3 Å². The van der Waals surface area contributed by atoms with E-state index in [4.69, 9.17) is 5.26 Å². The number of hydrogen-bond donors (Lipinski definition) is 0. The molecule has 0 aliphatic heterocycles. The SMILES string of the molecule is Cn1cc(I)c2ccc(C#N)nc21. The smallest absolute Gasteiger partial charge is 0.142 e. The number of nitrogens with zero attached hydrogens (tertiary/aromatic N) is 3. The van der Waals surface area contributed by atoms with Gasteiger partial charge in [0.25, 0.3) is 0 Å². The molecule has 0 aliphatic rings. The van der Waals surface area contributed by atoms with E-state index in [0.717, 1.165) is 14.6 Å². The number of fused-ring (bicyclic) bond motifs is 1. The Morgan fingerprint density at radius 1 is 1.54 bits per heavy atom. The third kappa shape index (κ3) is 1.29. The van der Waals surface area contributed by atoms with Gasteiger partial charge in [0.05, 0.1) is 0 Å². The first-order valence-electron chi connectivity index (χ1n) is 3.74. The number of aryl methyl sites for hydroxylation is 1. The van der Waals surface area contributed by atoms with Crippen molar-refractivity contribution >= 4 is 33.6 Å². The Kier molecular flexibility index (Phi) is 1.96. The van der Waals surface area contributed by atoms with Gasteiger partial charge in [0, 0.05) is 22.2 Å². The van der Waals surface area contributed by atoms with Gasteiger partial charge in [-0.1, -0.05) is 0 Å². The summed E-state index contributed by atoms with van der Waals surface area (Å²) in [5.41, 5.74) is 1.33. The maximum atomic E-state index is 8.67. The summed E-state index contributed by atoms with van der Waals surface area (Å²) in [5.74, 6) is 0. The quantitative estimate of drug-likeness (QED) is 0.694. The van der Waals surface area contributed by atoms with Crippen LogP contribution in [0.1, 0.15) is 5.69 Å². The van der Waals surface area contributed by atoms with Gasteiger partial charge >= 0.3 is 0 Å². The van der Waals surface area contributed by atoms with Crippen LogP contribution in [0.3, 0.4) is 0 Å². The molecular weight excluding hydrogens is 277 g/mol. The highest BCUT2D eigenvalue weighted by molar-refractivity contribution is 14.1. The third-order valence-corrected chi connectivity index (χ3v) is 2.75. The fourth-order valence-electron chi connectivity index (χ4n) is 1.27. The molecule has 0 unspecified atom stereocenters. The Morgan fingerprint density at radius 2 is 2.31 bits per heavy atom. The van der Waals surface area contributed by atoms with E-state index in [9.17, 15) is 0 Å². The van der Waals surface area contributed by atoms with Crippen LogP contribution in [-0.4, -0.2) is 9.55 Å². The van der Waals surface area contributed by atoms with Crippen LogP contribution in [0.4, 0.5) is 0 Å². The molecule has 2 rings (SSSR count). The number of aromatic nitrogens is 2. The van der Waals surface area contributed by atoms with Crippen molar-refractivity contribution in [2.45, 2.75) is 0 Å². The molecule has 2 heterocycles. The average molecular weight is 283 g/mol. The molecule has 4 heteroatoms. The first kappa shape index (κ1) is 8.51. The molecule has 0 saturated heterocycles. The van der Waals surface area contributed by atoms with Gasteiger partial charge in [0.1, 0.15) is 17.4 Å². The van der Waals surface area contributed by atoms with Crippen molar-refractivity contribution in [3.8, 4) is 6.07 Å². The van der Waals surface area contributed by atoms with E-state index in [1.54, 1.807) is 6.07 Å². The first-order valence-corrected chi connectivity index (χ1v) is 4.82. The summed E-state index contributed by atoms with van der Waals surface area (Å²) in [4.78, 5) is 4.21. The highest BCUT2D eigenvalue weighted by Crippen LogP contribution is 2.20. The monoisotopic (exact) mass is 283 g/mol. The van der Waals surface area contributed by atoms with Gasteiger partial charge < -0.3 is 4.57 Å². The molecule has 0 aromatic carbocycles. The van der Waals surface area contributed by atoms with Gasteiger partial charge in [0.2, 0.25) is 0 Å². The van der Waals surface area contributed by atoms with Crippen molar-refractivity contribution in [3.63, 3.8) is 0 Å². The summed E-state index contributed by atoms with van der Waals surface area (Å²) in [6.07, 6.45) is 2.00. The van der Waals surface area contributed by atoms with Gasteiger partial charge in [-0.25, -0.2) is 4.98 Å². The van der Waals surface area contributed by atoms with Gasteiger partial charge in [-0.3, -0.25) is 0 Å². The summed E-state index contributed by atoms with van der Waals surface area (Å²) in [7, 11) is 1.93. The lowest BCUT2D eigenvalue weighted by Crippen LogP contribution is -1.89. The second kappa shape index (κ2) is 3.00. The number of rotatable bonds is 0. The van der Waals surface area contributed by atoms with Crippen molar-refractivity contribution < 1.29 is 0 Å². The van der Waals surface area contributed by atoms with Crippen LogP contribution >= 0.6 is 22.6 Å². The molecule has 2 aromatic heterocycles. The molecule has 3 nitrogen and oxygen atoms in total.